The molecule has 0 bridgehead atoms. The maximum Gasteiger partial charge on any atom is 0.243 e. The van der Waals surface area contributed by atoms with Crippen LogP contribution in [0.25, 0.3) is 10.9 Å². The summed E-state index contributed by atoms with van der Waals surface area (Å²) >= 11 is 6.15. The molecular formula is C22H25ClN2O3S. The number of aromatic nitrogens is 1. The average molecular weight is 433 g/mol. The van der Waals surface area contributed by atoms with E-state index in [1.807, 2.05) is 31.3 Å². The van der Waals surface area contributed by atoms with Gasteiger partial charge in [-0.05, 0) is 79.6 Å². The van der Waals surface area contributed by atoms with Crippen LogP contribution in [0.1, 0.15) is 35.4 Å². The van der Waals surface area contributed by atoms with Gasteiger partial charge in [-0.2, -0.15) is 4.31 Å². The number of nitrogens with zero attached hydrogens (tertiary/aromatic N) is 1. The van der Waals surface area contributed by atoms with Crippen LogP contribution in [-0.2, 0) is 10.0 Å². The first-order valence-electron chi connectivity index (χ1n) is 9.73. The monoisotopic (exact) mass is 432 g/mol. The zero-order chi connectivity index (χ0) is 20.8. The van der Waals surface area contributed by atoms with Crippen LogP contribution < -0.4 is 4.74 Å². The molecule has 0 amide bonds. The average Bonchev–Trinajstić information content (AvgIpc) is 3.13. The fraction of sp³-hybridized carbons (Fsp3) is 0.364. The van der Waals surface area contributed by atoms with Crippen LogP contribution in [0, 0.1) is 13.8 Å². The van der Waals surface area contributed by atoms with Crippen molar-refractivity contribution in [2.24, 2.45) is 0 Å². The van der Waals surface area contributed by atoms with Gasteiger partial charge in [0.05, 0.1) is 12.0 Å². The summed E-state index contributed by atoms with van der Waals surface area (Å²) in [5, 5.41) is 1.74. The summed E-state index contributed by atoms with van der Waals surface area (Å²) in [6.45, 7) is 4.64. The van der Waals surface area contributed by atoms with Crippen molar-refractivity contribution in [1.29, 1.82) is 0 Å². The van der Waals surface area contributed by atoms with Crippen molar-refractivity contribution in [3.8, 4) is 5.75 Å². The minimum atomic E-state index is -3.53. The molecule has 4 rings (SSSR count). The fourth-order valence-electron chi connectivity index (χ4n) is 4.16. The molecule has 29 heavy (non-hydrogen) atoms. The second kappa shape index (κ2) is 7.67. The lowest BCUT2D eigenvalue weighted by molar-refractivity contribution is 0.320. The van der Waals surface area contributed by atoms with Gasteiger partial charge in [0.2, 0.25) is 10.0 Å². The molecule has 1 fully saturated rings. The molecule has 2 aromatic carbocycles. The first-order chi connectivity index (χ1) is 13.8. The minimum absolute atomic E-state index is 0.315. The zero-order valence-corrected chi connectivity index (χ0v) is 18.4. The van der Waals surface area contributed by atoms with Gasteiger partial charge in [0, 0.05) is 35.2 Å². The van der Waals surface area contributed by atoms with Crippen LogP contribution >= 0.6 is 11.6 Å². The summed E-state index contributed by atoms with van der Waals surface area (Å²) in [5.41, 5.74) is 3.77. The molecule has 0 radical (unpaired) electrons. The number of methoxy groups -OCH3 is 1. The van der Waals surface area contributed by atoms with E-state index >= 15 is 0 Å². The van der Waals surface area contributed by atoms with E-state index in [0.29, 0.717) is 34.5 Å². The Hall–Kier alpha value is -2.02. The van der Waals surface area contributed by atoms with Gasteiger partial charge in [-0.25, -0.2) is 8.42 Å². The van der Waals surface area contributed by atoms with Gasteiger partial charge in [0.1, 0.15) is 5.75 Å². The van der Waals surface area contributed by atoms with Crippen molar-refractivity contribution >= 4 is 32.5 Å². The molecule has 154 valence electrons. The maximum absolute atomic E-state index is 13.2. The van der Waals surface area contributed by atoms with E-state index < -0.39 is 10.0 Å². The largest absolute Gasteiger partial charge is 0.497 e. The first kappa shape index (κ1) is 20.3. The number of hydrogen-bond acceptors (Lipinski definition) is 3. The van der Waals surface area contributed by atoms with E-state index in [1.54, 1.807) is 30.5 Å². The van der Waals surface area contributed by atoms with Crippen molar-refractivity contribution in [3.05, 3.63) is 58.2 Å². The van der Waals surface area contributed by atoms with Crippen LogP contribution in [0.15, 0.2) is 41.4 Å². The zero-order valence-electron chi connectivity index (χ0n) is 16.8. The van der Waals surface area contributed by atoms with Gasteiger partial charge in [-0.15, -0.1) is 0 Å². The number of rotatable bonds is 4. The van der Waals surface area contributed by atoms with Crippen LogP contribution in [-0.4, -0.2) is 37.9 Å². The third kappa shape index (κ3) is 3.65. The Labute approximate surface area is 176 Å². The molecule has 1 N–H and O–H groups in total. The highest BCUT2D eigenvalue weighted by molar-refractivity contribution is 7.89. The Balaban J connectivity index is 1.56. The van der Waals surface area contributed by atoms with Crippen molar-refractivity contribution in [3.63, 3.8) is 0 Å². The number of fused-ring (bicyclic) bond motifs is 1. The number of ether oxygens (including phenoxy) is 1. The van der Waals surface area contributed by atoms with Crippen LogP contribution in [0.2, 0.25) is 5.02 Å². The van der Waals surface area contributed by atoms with E-state index in [0.717, 1.165) is 35.1 Å². The number of H-pyrrole nitrogens is 1. The molecule has 0 saturated carbocycles. The predicted molar refractivity (Wildman–Crippen MR) is 117 cm³/mol. The number of halogens is 1. The van der Waals surface area contributed by atoms with Crippen molar-refractivity contribution in [1.82, 2.24) is 9.29 Å². The number of aryl methyl sites for hydroxylation is 2. The molecule has 3 aromatic rings. The van der Waals surface area contributed by atoms with Gasteiger partial charge in [0.25, 0.3) is 0 Å². The number of aromatic amines is 1. The molecule has 0 spiro atoms. The van der Waals surface area contributed by atoms with Gasteiger partial charge < -0.3 is 9.72 Å². The van der Waals surface area contributed by atoms with Crippen LogP contribution in [0.4, 0.5) is 0 Å². The summed E-state index contributed by atoms with van der Waals surface area (Å²) < 4.78 is 33.4. The Bertz CT molecular complexity index is 1160. The number of sulfonamides is 1. The lowest BCUT2D eigenvalue weighted by atomic mass is 9.90. The first-order valence-corrected chi connectivity index (χ1v) is 11.5. The second-order valence-electron chi connectivity index (χ2n) is 7.70. The standard InChI is InChI=1S/C22H25ClN2O3S/c1-14-11-22(15(2)10-20(14)23)29(26,27)25-8-6-16(7-9-25)19-13-24-21-5-4-17(28-3)12-18(19)21/h4-5,10-13,16,24H,6-9H2,1-3H3. The fourth-order valence-corrected chi connectivity index (χ4v) is 6.14. The number of nitrogens with one attached hydrogen (secondary N) is 1. The van der Waals surface area contributed by atoms with Gasteiger partial charge in [-0.3, -0.25) is 0 Å². The van der Waals surface area contributed by atoms with Crippen molar-refractivity contribution in [2.75, 3.05) is 20.2 Å². The third-order valence-corrected chi connectivity index (χ3v) is 8.34. The molecule has 1 aromatic heterocycles. The summed E-state index contributed by atoms with van der Waals surface area (Å²) in [6.07, 6.45) is 3.62. The summed E-state index contributed by atoms with van der Waals surface area (Å²) in [5.74, 6) is 1.14. The molecule has 2 heterocycles. The quantitative estimate of drug-likeness (QED) is 0.629. The van der Waals surface area contributed by atoms with Crippen molar-refractivity contribution in [2.45, 2.75) is 37.5 Å². The summed E-state index contributed by atoms with van der Waals surface area (Å²) in [6, 6.07) is 9.42. The number of benzene rings is 2. The molecule has 1 saturated heterocycles. The van der Waals surface area contributed by atoms with Gasteiger partial charge in [-0.1, -0.05) is 11.6 Å². The number of hydrogen-bond donors (Lipinski definition) is 1. The summed E-state index contributed by atoms with van der Waals surface area (Å²) in [7, 11) is -1.87. The van der Waals surface area contributed by atoms with Gasteiger partial charge in [0.15, 0.2) is 0 Å². The summed E-state index contributed by atoms with van der Waals surface area (Å²) in [4.78, 5) is 3.68. The van der Waals surface area contributed by atoms with Crippen LogP contribution in [0.5, 0.6) is 5.75 Å². The van der Waals surface area contributed by atoms with E-state index in [1.165, 1.54) is 5.56 Å². The highest BCUT2D eigenvalue weighted by Gasteiger charge is 2.32. The molecule has 5 nitrogen and oxygen atoms in total. The SMILES string of the molecule is COc1ccc2[nH]cc(C3CCN(S(=O)(=O)c4cc(C)c(Cl)cc4C)CC3)c2c1. The molecule has 7 heteroatoms. The predicted octanol–water partition coefficient (Wildman–Crippen LogP) is 5.02. The van der Waals surface area contributed by atoms with Gasteiger partial charge >= 0.3 is 0 Å². The number of piperidine rings is 1. The molecule has 0 unspecified atom stereocenters. The topological polar surface area (TPSA) is 62.4 Å². The Morgan fingerprint density at radius 2 is 1.83 bits per heavy atom. The molecule has 1 aliphatic rings. The van der Waals surface area contributed by atoms with Crippen molar-refractivity contribution < 1.29 is 13.2 Å². The third-order valence-electron chi connectivity index (χ3n) is 5.89. The van der Waals surface area contributed by atoms with E-state index in [4.69, 9.17) is 16.3 Å². The normalized spacial score (nSPS) is 16.4. The molecule has 0 atom stereocenters. The molecule has 1 aliphatic heterocycles. The smallest absolute Gasteiger partial charge is 0.243 e. The Morgan fingerprint density at radius 3 is 2.52 bits per heavy atom. The van der Waals surface area contributed by atoms with E-state index in [-0.39, 0.29) is 0 Å². The van der Waals surface area contributed by atoms with E-state index in [2.05, 4.69) is 4.98 Å². The Kier molecular flexibility index (Phi) is 5.36. The maximum atomic E-state index is 13.2. The molecule has 0 aliphatic carbocycles. The lowest BCUT2D eigenvalue weighted by Crippen LogP contribution is -2.38. The van der Waals surface area contributed by atoms with E-state index in [9.17, 15) is 8.42 Å². The highest BCUT2D eigenvalue weighted by atomic mass is 35.5. The van der Waals surface area contributed by atoms with Crippen LogP contribution in [0.3, 0.4) is 0 Å². The minimum Gasteiger partial charge on any atom is -0.497 e. The molecular weight excluding hydrogens is 408 g/mol. The second-order valence-corrected chi connectivity index (χ2v) is 10.0. The lowest BCUT2D eigenvalue weighted by Gasteiger charge is -2.31. The Morgan fingerprint density at radius 1 is 1.10 bits per heavy atom. The highest BCUT2D eigenvalue weighted by Crippen LogP contribution is 2.36.